The van der Waals surface area contributed by atoms with Gasteiger partial charge in [-0.05, 0) is 54.2 Å². The van der Waals surface area contributed by atoms with Gasteiger partial charge in [-0.2, -0.15) is 5.10 Å². The fourth-order valence-corrected chi connectivity index (χ4v) is 4.13. The third-order valence-corrected chi connectivity index (χ3v) is 6.09. The van der Waals surface area contributed by atoms with Gasteiger partial charge in [0.1, 0.15) is 11.6 Å². The highest BCUT2D eigenvalue weighted by molar-refractivity contribution is 6.03. The molecule has 0 atom stereocenters. The number of anilines is 1. The van der Waals surface area contributed by atoms with Gasteiger partial charge < -0.3 is 10.2 Å². The molecule has 172 valence electrons. The number of amides is 2. The molecule has 1 saturated heterocycles. The van der Waals surface area contributed by atoms with E-state index in [1.807, 2.05) is 29.2 Å². The van der Waals surface area contributed by atoms with Crippen molar-refractivity contribution in [1.82, 2.24) is 14.7 Å². The molecule has 0 unspecified atom stereocenters. The Kier molecular flexibility index (Phi) is 6.31. The van der Waals surface area contributed by atoms with Gasteiger partial charge in [-0.3, -0.25) is 9.59 Å². The molecule has 1 N–H and O–H groups in total. The van der Waals surface area contributed by atoms with Crippen LogP contribution in [0.2, 0.25) is 0 Å². The molecule has 0 aliphatic carbocycles. The molecule has 6 nitrogen and oxygen atoms in total. The molecule has 1 aromatic heterocycles. The quantitative estimate of drug-likeness (QED) is 0.607. The first-order valence-corrected chi connectivity index (χ1v) is 11.2. The Labute approximate surface area is 193 Å². The van der Waals surface area contributed by atoms with Gasteiger partial charge in [0, 0.05) is 30.3 Å². The van der Waals surface area contributed by atoms with E-state index in [0.717, 1.165) is 12.8 Å². The van der Waals surface area contributed by atoms with E-state index in [9.17, 15) is 14.0 Å². The van der Waals surface area contributed by atoms with E-state index in [-0.39, 0.29) is 28.8 Å². The molecule has 1 aliphatic heterocycles. The molecular formula is C26H29FN4O2. The number of nitrogens with one attached hydrogen (secondary N) is 1. The summed E-state index contributed by atoms with van der Waals surface area (Å²) in [5.74, 6) is -0.246. The molecule has 0 bridgehead atoms. The maximum atomic E-state index is 13.4. The molecule has 2 aromatic carbocycles. The van der Waals surface area contributed by atoms with Crippen LogP contribution in [-0.2, 0) is 5.41 Å². The second-order valence-electron chi connectivity index (χ2n) is 9.48. The zero-order chi connectivity index (χ0) is 23.6. The van der Waals surface area contributed by atoms with E-state index in [2.05, 4.69) is 31.2 Å². The Bertz CT molecular complexity index is 1140. The number of carbonyl (C=O) groups excluding carboxylic acids is 2. The van der Waals surface area contributed by atoms with Crippen LogP contribution < -0.4 is 5.32 Å². The Hall–Kier alpha value is -3.48. The summed E-state index contributed by atoms with van der Waals surface area (Å²) in [6.07, 6.45) is 3.10. The Morgan fingerprint density at radius 2 is 1.70 bits per heavy atom. The first kappa shape index (κ1) is 22.7. The average molecular weight is 449 g/mol. The number of piperidine rings is 1. The third-order valence-electron chi connectivity index (χ3n) is 6.09. The predicted octanol–water partition coefficient (Wildman–Crippen LogP) is 5.05. The van der Waals surface area contributed by atoms with Gasteiger partial charge in [0.2, 0.25) is 0 Å². The lowest BCUT2D eigenvalue weighted by Crippen LogP contribution is -2.39. The van der Waals surface area contributed by atoms with Crippen molar-refractivity contribution in [2.24, 2.45) is 0 Å². The smallest absolute Gasteiger partial charge is 0.256 e. The average Bonchev–Trinajstić information content (AvgIpc) is 3.26. The maximum Gasteiger partial charge on any atom is 0.256 e. The second kappa shape index (κ2) is 9.17. The summed E-state index contributed by atoms with van der Waals surface area (Å²) in [5, 5.41) is 7.21. The molecule has 1 fully saturated rings. The van der Waals surface area contributed by atoms with Crippen molar-refractivity contribution in [3.05, 3.63) is 83.3 Å². The zero-order valence-corrected chi connectivity index (χ0v) is 19.2. The number of carbonyl (C=O) groups is 2. The minimum Gasteiger partial charge on any atom is -0.338 e. The second-order valence-corrected chi connectivity index (χ2v) is 9.48. The van der Waals surface area contributed by atoms with Gasteiger partial charge in [-0.1, -0.05) is 39.0 Å². The molecule has 3 aromatic rings. The van der Waals surface area contributed by atoms with Gasteiger partial charge >= 0.3 is 0 Å². The number of nitrogens with zero attached hydrogens (tertiary/aromatic N) is 3. The fourth-order valence-electron chi connectivity index (χ4n) is 4.13. The maximum absolute atomic E-state index is 13.4. The molecule has 1 aliphatic rings. The lowest BCUT2D eigenvalue weighted by molar-refractivity contribution is 0.0691. The van der Waals surface area contributed by atoms with E-state index in [4.69, 9.17) is 0 Å². The molecule has 4 rings (SSSR count). The summed E-state index contributed by atoms with van der Waals surface area (Å²) >= 11 is 0. The summed E-state index contributed by atoms with van der Waals surface area (Å²) in [5.41, 5.74) is 2.19. The minimum absolute atomic E-state index is 0.0361. The van der Waals surface area contributed by atoms with Gasteiger partial charge in [0.15, 0.2) is 0 Å². The third kappa shape index (κ3) is 5.13. The van der Waals surface area contributed by atoms with E-state index >= 15 is 0 Å². The van der Waals surface area contributed by atoms with Gasteiger partial charge in [0.05, 0.1) is 12.2 Å². The Morgan fingerprint density at radius 1 is 1.00 bits per heavy atom. The van der Waals surface area contributed by atoms with Crippen LogP contribution in [0.4, 0.5) is 10.2 Å². The number of rotatable bonds is 4. The summed E-state index contributed by atoms with van der Waals surface area (Å²) in [6, 6.07) is 15.2. The Morgan fingerprint density at radius 3 is 2.33 bits per heavy atom. The largest absolute Gasteiger partial charge is 0.338 e. The molecule has 2 heterocycles. The van der Waals surface area contributed by atoms with Crippen molar-refractivity contribution < 1.29 is 14.0 Å². The number of benzene rings is 2. The van der Waals surface area contributed by atoms with Gasteiger partial charge in [-0.15, -0.1) is 0 Å². The summed E-state index contributed by atoms with van der Waals surface area (Å²) in [4.78, 5) is 27.4. The number of hydrogen-bond donors (Lipinski definition) is 1. The fraction of sp³-hybridized carbons (Fsp3) is 0.346. The summed E-state index contributed by atoms with van der Waals surface area (Å²) < 4.78 is 15.2. The number of likely N-dealkylation sites (tertiary alicyclic amines) is 1. The van der Waals surface area contributed by atoms with Crippen LogP contribution in [0.1, 0.15) is 65.9 Å². The van der Waals surface area contributed by atoms with Crippen molar-refractivity contribution in [2.75, 3.05) is 18.4 Å². The molecule has 0 spiro atoms. The van der Waals surface area contributed by atoms with Crippen LogP contribution in [-0.4, -0.2) is 39.6 Å². The first-order valence-electron chi connectivity index (χ1n) is 11.2. The van der Waals surface area contributed by atoms with Crippen LogP contribution >= 0.6 is 0 Å². The minimum atomic E-state index is -0.457. The molecular weight excluding hydrogens is 419 g/mol. The topological polar surface area (TPSA) is 67.2 Å². The molecule has 7 heteroatoms. The van der Waals surface area contributed by atoms with Gasteiger partial charge in [-0.25, -0.2) is 9.07 Å². The van der Waals surface area contributed by atoms with E-state index < -0.39 is 5.82 Å². The molecule has 2 amide bonds. The van der Waals surface area contributed by atoms with Crippen LogP contribution in [0.25, 0.3) is 0 Å². The van der Waals surface area contributed by atoms with Crippen LogP contribution in [0.3, 0.4) is 0 Å². The number of aromatic nitrogens is 2. The van der Waals surface area contributed by atoms with E-state index in [1.165, 1.54) is 23.8 Å². The van der Waals surface area contributed by atoms with Crippen molar-refractivity contribution in [3.63, 3.8) is 0 Å². The summed E-state index contributed by atoms with van der Waals surface area (Å²) in [6.45, 7) is 7.68. The highest BCUT2D eigenvalue weighted by Gasteiger charge is 2.27. The van der Waals surface area contributed by atoms with Crippen LogP contribution in [0.5, 0.6) is 0 Å². The lowest BCUT2D eigenvalue weighted by Gasteiger charge is -2.33. The van der Waals surface area contributed by atoms with Gasteiger partial charge in [0.25, 0.3) is 11.8 Å². The number of hydrogen-bond acceptors (Lipinski definition) is 3. The normalized spacial score (nSPS) is 14.8. The standard InChI is InChI=1S/C26H29FN4O2/c1-26(2,3)20-9-7-18(8-10-20)25(33)30-15-12-22(13-16-30)31-23(11-14-28-31)29-24(32)19-5-4-6-21(27)17-19/h4-11,14,17,22H,12-13,15-16H2,1-3H3,(H,29,32). The van der Waals surface area contributed by atoms with Crippen molar-refractivity contribution in [1.29, 1.82) is 0 Å². The Balaban J connectivity index is 1.38. The predicted molar refractivity (Wildman–Crippen MR) is 126 cm³/mol. The monoisotopic (exact) mass is 448 g/mol. The SMILES string of the molecule is CC(C)(C)c1ccc(C(=O)N2CCC(n3nccc3NC(=O)c3cccc(F)c3)CC2)cc1. The zero-order valence-electron chi connectivity index (χ0n) is 19.2. The van der Waals surface area contributed by atoms with Crippen LogP contribution in [0.15, 0.2) is 60.8 Å². The van der Waals surface area contributed by atoms with Crippen molar-refractivity contribution in [2.45, 2.75) is 45.1 Å². The van der Waals surface area contributed by atoms with E-state index in [0.29, 0.717) is 24.5 Å². The highest BCUT2D eigenvalue weighted by atomic mass is 19.1. The van der Waals surface area contributed by atoms with Crippen LogP contribution in [0, 0.1) is 5.82 Å². The highest BCUT2D eigenvalue weighted by Crippen LogP contribution is 2.27. The number of halogens is 1. The molecule has 33 heavy (non-hydrogen) atoms. The summed E-state index contributed by atoms with van der Waals surface area (Å²) in [7, 11) is 0. The lowest BCUT2D eigenvalue weighted by atomic mass is 9.86. The molecule has 0 radical (unpaired) electrons. The van der Waals surface area contributed by atoms with E-state index in [1.54, 1.807) is 23.0 Å². The van der Waals surface area contributed by atoms with Crippen molar-refractivity contribution in [3.8, 4) is 0 Å². The van der Waals surface area contributed by atoms with Crippen molar-refractivity contribution >= 4 is 17.6 Å². The first-order chi connectivity index (χ1) is 15.7. The molecule has 0 saturated carbocycles.